The first-order valence-electron chi connectivity index (χ1n) is 10.1. The van der Waals surface area contributed by atoms with Gasteiger partial charge < -0.3 is 29.2 Å². The minimum atomic E-state index is 0.393. The van der Waals surface area contributed by atoms with Crippen LogP contribution in [0.1, 0.15) is 31.2 Å². The van der Waals surface area contributed by atoms with Crippen LogP contribution in [0.2, 0.25) is 0 Å². The van der Waals surface area contributed by atoms with Crippen LogP contribution in [0.3, 0.4) is 0 Å². The van der Waals surface area contributed by atoms with Crippen molar-refractivity contribution in [3.05, 3.63) is 42.0 Å². The molecule has 0 saturated heterocycles. The molecule has 0 unspecified atom stereocenters. The Labute approximate surface area is 184 Å². The highest BCUT2D eigenvalue weighted by Gasteiger charge is 2.26. The fourth-order valence-electron chi connectivity index (χ4n) is 3.82. The van der Waals surface area contributed by atoms with Gasteiger partial charge in [-0.15, -0.1) is 0 Å². The Bertz CT molecular complexity index is 846. The summed E-state index contributed by atoms with van der Waals surface area (Å²) in [6.07, 6.45) is 4.69. The highest BCUT2D eigenvalue weighted by atomic mass is 32.1. The Morgan fingerprint density at radius 1 is 0.900 bits per heavy atom. The van der Waals surface area contributed by atoms with Gasteiger partial charge in [-0.1, -0.05) is 12.8 Å². The summed E-state index contributed by atoms with van der Waals surface area (Å²) >= 11 is 5.85. The number of thiocarbonyl (C=S) groups is 1. The molecule has 0 heterocycles. The van der Waals surface area contributed by atoms with Crippen LogP contribution in [0.5, 0.6) is 23.0 Å². The quantitative estimate of drug-likeness (QED) is 0.600. The van der Waals surface area contributed by atoms with E-state index in [2.05, 4.69) is 10.2 Å². The monoisotopic (exact) mass is 430 g/mol. The van der Waals surface area contributed by atoms with Crippen LogP contribution in [0, 0.1) is 0 Å². The number of nitrogens with zero attached hydrogens (tertiary/aromatic N) is 1. The predicted molar refractivity (Wildman–Crippen MR) is 123 cm³/mol. The fourth-order valence-corrected chi connectivity index (χ4v) is 4.16. The van der Waals surface area contributed by atoms with Gasteiger partial charge in [0.05, 0.1) is 28.4 Å². The van der Waals surface area contributed by atoms with Crippen LogP contribution in [0.15, 0.2) is 36.4 Å². The lowest BCUT2D eigenvalue weighted by molar-refractivity contribution is 0.304. The summed E-state index contributed by atoms with van der Waals surface area (Å²) in [5.41, 5.74) is 1.90. The van der Waals surface area contributed by atoms with Crippen LogP contribution in [-0.2, 0) is 6.54 Å². The van der Waals surface area contributed by atoms with E-state index in [0.717, 1.165) is 35.6 Å². The van der Waals surface area contributed by atoms with Crippen LogP contribution in [0.4, 0.5) is 5.69 Å². The molecule has 1 aliphatic carbocycles. The van der Waals surface area contributed by atoms with E-state index in [4.69, 9.17) is 31.2 Å². The number of hydrogen-bond acceptors (Lipinski definition) is 5. The highest BCUT2D eigenvalue weighted by Crippen LogP contribution is 2.31. The van der Waals surface area contributed by atoms with Gasteiger partial charge in [-0.2, -0.15) is 0 Å². The van der Waals surface area contributed by atoms with E-state index >= 15 is 0 Å². The highest BCUT2D eigenvalue weighted by molar-refractivity contribution is 7.80. The molecule has 1 saturated carbocycles. The summed E-state index contributed by atoms with van der Waals surface area (Å²) in [6, 6.07) is 12.0. The number of methoxy groups -OCH3 is 4. The van der Waals surface area contributed by atoms with E-state index in [1.54, 1.807) is 28.4 Å². The van der Waals surface area contributed by atoms with Gasteiger partial charge in [0.2, 0.25) is 0 Å². The van der Waals surface area contributed by atoms with Crippen molar-refractivity contribution in [3.63, 3.8) is 0 Å². The van der Waals surface area contributed by atoms with Crippen molar-refractivity contribution in [1.29, 1.82) is 0 Å². The van der Waals surface area contributed by atoms with E-state index in [-0.39, 0.29) is 0 Å². The molecule has 2 aromatic rings. The average Bonchev–Trinajstić information content (AvgIpc) is 3.31. The molecular formula is C23H30N2O4S. The molecular weight excluding hydrogens is 400 g/mol. The molecule has 0 radical (unpaired) electrons. The van der Waals surface area contributed by atoms with Crippen molar-refractivity contribution < 1.29 is 18.9 Å². The lowest BCUT2D eigenvalue weighted by atomic mass is 10.1. The summed E-state index contributed by atoms with van der Waals surface area (Å²) in [4.78, 5) is 2.26. The van der Waals surface area contributed by atoms with Gasteiger partial charge >= 0.3 is 0 Å². The van der Waals surface area contributed by atoms with Gasteiger partial charge in [0, 0.05) is 48.1 Å². The Balaban J connectivity index is 1.85. The van der Waals surface area contributed by atoms with Crippen molar-refractivity contribution in [3.8, 4) is 23.0 Å². The summed E-state index contributed by atoms with van der Waals surface area (Å²) in [6.45, 7) is 0.658. The summed E-state index contributed by atoms with van der Waals surface area (Å²) in [5, 5.41) is 4.06. The van der Waals surface area contributed by atoms with E-state index in [1.165, 1.54) is 12.8 Å². The van der Waals surface area contributed by atoms with Gasteiger partial charge in [0.25, 0.3) is 0 Å². The minimum absolute atomic E-state index is 0.393. The van der Waals surface area contributed by atoms with Crippen molar-refractivity contribution in [1.82, 2.24) is 4.90 Å². The zero-order chi connectivity index (χ0) is 21.5. The molecule has 0 bridgehead atoms. The maximum absolute atomic E-state index is 5.85. The maximum Gasteiger partial charge on any atom is 0.173 e. The zero-order valence-corrected chi connectivity index (χ0v) is 18.9. The van der Waals surface area contributed by atoms with Gasteiger partial charge in [0.1, 0.15) is 23.0 Å². The first-order chi connectivity index (χ1) is 14.6. The first kappa shape index (κ1) is 22.0. The second kappa shape index (κ2) is 10.4. The topological polar surface area (TPSA) is 52.2 Å². The minimum Gasteiger partial charge on any atom is -0.497 e. The molecule has 3 rings (SSSR count). The molecule has 1 fully saturated rings. The third kappa shape index (κ3) is 5.27. The van der Waals surface area contributed by atoms with Crippen molar-refractivity contribution in [2.45, 2.75) is 38.3 Å². The average molecular weight is 431 g/mol. The molecule has 162 valence electrons. The molecule has 0 aromatic heterocycles. The lowest BCUT2D eigenvalue weighted by Gasteiger charge is -2.32. The van der Waals surface area contributed by atoms with E-state index < -0.39 is 0 Å². The second-order valence-corrected chi connectivity index (χ2v) is 7.66. The van der Waals surface area contributed by atoms with Crippen LogP contribution >= 0.6 is 12.2 Å². The van der Waals surface area contributed by atoms with Crippen LogP contribution in [0.25, 0.3) is 0 Å². The number of benzene rings is 2. The number of ether oxygens (including phenoxy) is 4. The molecule has 2 aromatic carbocycles. The first-order valence-corrected chi connectivity index (χ1v) is 10.5. The molecule has 1 aliphatic rings. The summed E-state index contributed by atoms with van der Waals surface area (Å²) < 4.78 is 21.7. The van der Waals surface area contributed by atoms with E-state index in [0.29, 0.717) is 29.2 Å². The van der Waals surface area contributed by atoms with Crippen molar-refractivity contribution >= 4 is 23.0 Å². The van der Waals surface area contributed by atoms with Gasteiger partial charge in [-0.25, -0.2) is 0 Å². The Hall–Kier alpha value is -2.67. The Morgan fingerprint density at radius 3 is 2.10 bits per heavy atom. The second-order valence-electron chi connectivity index (χ2n) is 7.28. The molecule has 0 amide bonds. The number of nitrogens with one attached hydrogen (secondary N) is 1. The number of rotatable bonds is 8. The van der Waals surface area contributed by atoms with Crippen LogP contribution in [-0.4, -0.2) is 44.5 Å². The molecule has 6 nitrogen and oxygen atoms in total. The smallest absolute Gasteiger partial charge is 0.173 e. The molecule has 30 heavy (non-hydrogen) atoms. The third-order valence-electron chi connectivity index (χ3n) is 5.46. The molecule has 7 heteroatoms. The van der Waals surface area contributed by atoms with E-state index in [9.17, 15) is 0 Å². The number of hydrogen-bond donors (Lipinski definition) is 1. The molecule has 1 N–H and O–H groups in total. The normalized spacial score (nSPS) is 13.6. The van der Waals surface area contributed by atoms with Crippen LogP contribution < -0.4 is 24.3 Å². The molecule has 0 spiro atoms. The molecule has 0 atom stereocenters. The Morgan fingerprint density at radius 2 is 1.53 bits per heavy atom. The largest absolute Gasteiger partial charge is 0.497 e. The van der Waals surface area contributed by atoms with Crippen molar-refractivity contribution in [2.75, 3.05) is 33.8 Å². The molecule has 0 aliphatic heterocycles. The Kier molecular flexibility index (Phi) is 7.63. The van der Waals surface area contributed by atoms with Gasteiger partial charge in [-0.05, 0) is 37.2 Å². The van der Waals surface area contributed by atoms with E-state index in [1.807, 2.05) is 36.4 Å². The third-order valence-corrected chi connectivity index (χ3v) is 5.80. The predicted octanol–water partition coefficient (Wildman–Crippen LogP) is 4.86. The summed E-state index contributed by atoms with van der Waals surface area (Å²) in [5.74, 6) is 2.99. The lowest BCUT2D eigenvalue weighted by Crippen LogP contribution is -2.41. The standard InChI is InChI=1S/C23H30N2O4S/c1-26-19-10-9-16(22(14-19)29-4)15-25(18-7-5-6-8-18)23(30)24-17-11-20(27-2)13-21(12-17)28-3/h9-14,18H,5-8,15H2,1-4H3,(H,24,30). The van der Waals surface area contributed by atoms with Gasteiger partial charge in [-0.3, -0.25) is 0 Å². The SMILES string of the molecule is COc1cc(NC(=S)N(Cc2ccc(OC)cc2OC)C2CCCC2)cc(OC)c1. The van der Waals surface area contributed by atoms with Crippen molar-refractivity contribution in [2.24, 2.45) is 0 Å². The fraction of sp³-hybridized carbons (Fsp3) is 0.435. The zero-order valence-electron chi connectivity index (χ0n) is 18.1. The maximum atomic E-state index is 5.85. The summed E-state index contributed by atoms with van der Waals surface area (Å²) in [7, 11) is 6.60. The van der Waals surface area contributed by atoms with Gasteiger partial charge in [0.15, 0.2) is 5.11 Å². The number of anilines is 1.